The summed E-state index contributed by atoms with van der Waals surface area (Å²) in [6.07, 6.45) is 10.1. The van der Waals surface area contributed by atoms with Crippen molar-refractivity contribution in [1.29, 1.82) is 0 Å². The first-order chi connectivity index (χ1) is 17.5. The van der Waals surface area contributed by atoms with Crippen LogP contribution in [0.15, 0.2) is 42.5 Å². The van der Waals surface area contributed by atoms with Crippen molar-refractivity contribution in [3.63, 3.8) is 0 Å². The van der Waals surface area contributed by atoms with E-state index in [1.165, 1.54) is 0 Å². The summed E-state index contributed by atoms with van der Waals surface area (Å²) in [7, 11) is 0. The average molecular weight is 499 g/mol. The maximum Gasteiger partial charge on any atom is 0.339 e. The summed E-state index contributed by atoms with van der Waals surface area (Å²) < 4.78 is 16.4. The van der Waals surface area contributed by atoms with Crippen LogP contribution >= 0.6 is 0 Å². The third-order valence-corrected chi connectivity index (χ3v) is 6.11. The van der Waals surface area contributed by atoms with Gasteiger partial charge in [0.15, 0.2) is 6.10 Å². The molecule has 36 heavy (non-hydrogen) atoms. The first kappa shape index (κ1) is 29.3. The van der Waals surface area contributed by atoms with Gasteiger partial charge < -0.3 is 14.2 Å². The second kappa shape index (κ2) is 17.5. The van der Waals surface area contributed by atoms with E-state index in [0.717, 1.165) is 75.0 Å². The monoisotopic (exact) mass is 498 g/mol. The molecule has 2 aromatic carbocycles. The van der Waals surface area contributed by atoms with E-state index in [1.807, 2.05) is 30.3 Å². The first-order valence-corrected chi connectivity index (χ1v) is 13.5. The summed E-state index contributed by atoms with van der Waals surface area (Å²) in [6, 6.07) is 13.0. The van der Waals surface area contributed by atoms with Crippen LogP contribution in [0.4, 0.5) is 0 Å². The van der Waals surface area contributed by atoms with Crippen LogP contribution in [0.25, 0.3) is 10.8 Å². The number of benzene rings is 2. The normalized spacial score (nSPS) is 11.0. The van der Waals surface area contributed by atoms with Gasteiger partial charge >= 0.3 is 17.9 Å². The molecule has 0 heterocycles. The van der Waals surface area contributed by atoms with Gasteiger partial charge in [-0.2, -0.15) is 0 Å². The van der Waals surface area contributed by atoms with Gasteiger partial charge in [0.05, 0.1) is 5.56 Å². The minimum Gasteiger partial charge on any atom is -0.462 e. The summed E-state index contributed by atoms with van der Waals surface area (Å²) >= 11 is 0. The fourth-order valence-corrected chi connectivity index (χ4v) is 4.00. The molecule has 0 aliphatic heterocycles. The van der Waals surface area contributed by atoms with Gasteiger partial charge in [0.2, 0.25) is 0 Å². The van der Waals surface area contributed by atoms with Gasteiger partial charge in [0, 0.05) is 12.8 Å². The van der Waals surface area contributed by atoms with E-state index in [9.17, 15) is 14.4 Å². The molecule has 198 valence electrons. The van der Waals surface area contributed by atoms with Crippen molar-refractivity contribution in [2.45, 2.75) is 97.0 Å². The van der Waals surface area contributed by atoms with E-state index < -0.39 is 12.1 Å². The van der Waals surface area contributed by atoms with Gasteiger partial charge in [-0.15, -0.1) is 0 Å². The number of ether oxygens (including phenoxy) is 3. The maximum atomic E-state index is 13.0. The van der Waals surface area contributed by atoms with Crippen molar-refractivity contribution in [1.82, 2.24) is 0 Å². The molecule has 0 saturated heterocycles. The lowest BCUT2D eigenvalue weighted by Gasteiger charge is -2.19. The zero-order valence-corrected chi connectivity index (χ0v) is 22.0. The lowest BCUT2D eigenvalue weighted by atomic mass is 10.0. The molecule has 2 rings (SSSR count). The summed E-state index contributed by atoms with van der Waals surface area (Å²) in [5.41, 5.74) is 0.419. The quantitative estimate of drug-likeness (QED) is 0.123. The molecule has 0 aliphatic rings. The molecule has 0 radical (unpaired) electrons. The number of unbranched alkanes of at least 4 members (excludes halogenated alkanes) is 8. The molecule has 0 aliphatic carbocycles. The van der Waals surface area contributed by atoms with Crippen LogP contribution < -0.4 is 0 Å². The third-order valence-electron chi connectivity index (χ3n) is 6.11. The van der Waals surface area contributed by atoms with Crippen molar-refractivity contribution in [2.24, 2.45) is 0 Å². The largest absolute Gasteiger partial charge is 0.462 e. The van der Waals surface area contributed by atoms with Crippen LogP contribution in [-0.4, -0.2) is 37.2 Å². The predicted octanol–water partition coefficient (Wildman–Crippen LogP) is 7.17. The highest BCUT2D eigenvalue weighted by Crippen LogP contribution is 2.20. The minimum atomic E-state index is -0.871. The second-order valence-electron chi connectivity index (χ2n) is 9.25. The van der Waals surface area contributed by atoms with Crippen molar-refractivity contribution in [3.05, 3.63) is 48.0 Å². The van der Waals surface area contributed by atoms with E-state index in [-0.39, 0.29) is 25.2 Å². The van der Waals surface area contributed by atoms with E-state index in [4.69, 9.17) is 14.2 Å². The highest BCUT2D eigenvalue weighted by atomic mass is 16.6. The van der Waals surface area contributed by atoms with E-state index in [0.29, 0.717) is 18.4 Å². The Morgan fingerprint density at radius 3 is 1.78 bits per heavy atom. The molecule has 0 atom stereocenters. The van der Waals surface area contributed by atoms with Crippen molar-refractivity contribution < 1.29 is 28.6 Å². The lowest BCUT2D eigenvalue weighted by molar-refractivity contribution is -0.152. The summed E-state index contributed by atoms with van der Waals surface area (Å²) in [5.74, 6) is -1.21. The molecule has 0 aromatic heterocycles. The third kappa shape index (κ3) is 11.2. The number of carbonyl (C=O) groups excluding carboxylic acids is 3. The molecule has 0 fully saturated rings. The molecule has 0 N–H and O–H groups in total. The Hall–Kier alpha value is -2.89. The van der Waals surface area contributed by atoms with Crippen molar-refractivity contribution in [3.8, 4) is 0 Å². The Bertz CT molecular complexity index is 903. The van der Waals surface area contributed by atoms with Crippen molar-refractivity contribution in [2.75, 3.05) is 13.2 Å². The topological polar surface area (TPSA) is 78.9 Å². The zero-order valence-electron chi connectivity index (χ0n) is 22.0. The highest BCUT2D eigenvalue weighted by Gasteiger charge is 2.21. The molecule has 0 saturated carbocycles. The average Bonchev–Trinajstić information content (AvgIpc) is 2.89. The number of rotatable bonds is 18. The van der Waals surface area contributed by atoms with Gasteiger partial charge in [-0.05, 0) is 29.7 Å². The Kier molecular flexibility index (Phi) is 14.3. The molecule has 0 unspecified atom stereocenters. The van der Waals surface area contributed by atoms with E-state index in [1.54, 1.807) is 12.1 Å². The predicted molar refractivity (Wildman–Crippen MR) is 142 cm³/mol. The number of fused-ring (bicyclic) bond motifs is 1. The van der Waals surface area contributed by atoms with Crippen LogP contribution in [0.1, 0.15) is 101 Å². The summed E-state index contributed by atoms with van der Waals surface area (Å²) in [5, 5.41) is 1.70. The standard InChI is InChI=1S/C30H42O6/c1-3-5-7-9-11-20-28(31)34-22-25(23-35-29(32)21-12-10-8-6-4-2)36-30(33)27-19-15-17-24-16-13-14-18-26(24)27/h13-19,25H,3-12,20-23H2,1-2H3. The molecule has 6 heteroatoms. The smallest absolute Gasteiger partial charge is 0.339 e. The van der Waals surface area contributed by atoms with Crippen LogP contribution in [0.3, 0.4) is 0 Å². The first-order valence-electron chi connectivity index (χ1n) is 13.5. The fourth-order valence-electron chi connectivity index (χ4n) is 4.00. The zero-order chi connectivity index (χ0) is 26.0. The van der Waals surface area contributed by atoms with Gasteiger partial charge in [-0.3, -0.25) is 9.59 Å². The van der Waals surface area contributed by atoms with Gasteiger partial charge in [0.25, 0.3) is 0 Å². The molecule has 2 aromatic rings. The SMILES string of the molecule is CCCCCCCC(=O)OCC(COC(=O)CCCCCCC)OC(=O)c1cccc2ccccc12. The van der Waals surface area contributed by atoms with Crippen molar-refractivity contribution >= 4 is 28.7 Å². The van der Waals surface area contributed by atoms with Gasteiger partial charge in [-0.25, -0.2) is 4.79 Å². The molecule has 0 amide bonds. The van der Waals surface area contributed by atoms with E-state index >= 15 is 0 Å². The lowest BCUT2D eigenvalue weighted by Crippen LogP contribution is -2.31. The molecule has 0 spiro atoms. The number of carbonyl (C=O) groups is 3. The summed E-state index contributed by atoms with van der Waals surface area (Å²) in [6.45, 7) is 4.00. The second-order valence-corrected chi connectivity index (χ2v) is 9.25. The van der Waals surface area contributed by atoms with Crippen LogP contribution in [0, 0.1) is 0 Å². The molecular formula is C30H42O6. The van der Waals surface area contributed by atoms with Crippen LogP contribution in [0.2, 0.25) is 0 Å². The molecular weight excluding hydrogens is 456 g/mol. The summed E-state index contributed by atoms with van der Waals surface area (Å²) in [4.78, 5) is 37.4. The van der Waals surface area contributed by atoms with Gasteiger partial charge in [0.1, 0.15) is 13.2 Å². The minimum absolute atomic E-state index is 0.145. The Morgan fingerprint density at radius 1 is 0.667 bits per heavy atom. The Labute approximate surface area is 215 Å². The highest BCUT2D eigenvalue weighted by molar-refractivity contribution is 6.04. The Balaban J connectivity index is 1.93. The maximum absolute atomic E-state index is 13.0. The van der Waals surface area contributed by atoms with Crippen LogP contribution in [-0.2, 0) is 23.8 Å². The molecule has 6 nitrogen and oxygen atoms in total. The fraction of sp³-hybridized carbons (Fsp3) is 0.567. The number of hydrogen-bond acceptors (Lipinski definition) is 6. The van der Waals surface area contributed by atoms with Crippen LogP contribution in [0.5, 0.6) is 0 Å². The number of esters is 3. The Morgan fingerprint density at radius 2 is 1.19 bits per heavy atom. The van der Waals surface area contributed by atoms with E-state index in [2.05, 4.69) is 13.8 Å². The molecule has 0 bridgehead atoms. The van der Waals surface area contributed by atoms with Gasteiger partial charge in [-0.1, -0.05) is 102 Å². The number of hydrogen-bond donors (Lipinski definition) is 0.